The van der Waals surface area contributed by atoms with Gasteiger partial charge in [0.25, 0.3) is 0 Å². The molecule has 0 unspecified atom stereocenters. The fourth-order valence-corrected chi connectivity index (χ4v) is 0.538. The highest BCUT2D eigenvalue weighted by atomic mass is 16.7. The van der Waals surface area contributed by atoms with Gasteiger partial charge in [-0.1, -0.05) is 0 Å². The van der Waals surface area contributed by atoms with Crippen LogP contribution in [-0.4, -0.2) is 25.3 Å². The number of esters is 1. The van der Waals surface area contributed by atoms with E-state index in [-0.39, 0.29) is 13.0 Å². The highest BCUT2D eigenvalue weighted by molar-refractivity contribution is 5.81. The van der Waals surface area contributed by atoms with E-state index in [0.29, 0.717) is 13.0 Å². The van der Waals surface area contributed by atoms with E-state index in [1.54, 1.807) is 6.92 Å². The van der Waals surface area contributed by atoms with Crippen LogP contribution < -0.4 is 5.73 Å². The van der Waals surface area contributed by atoms with E-state index in [2.05, 4.69) is 9.47 Å². The lowest BCUT2D eigenvalue weighted by atomic mass is 10.3. The zero-order chi connectivity index (χ0) is 9.40. The third kappa shape index (κ3) is 5.67. The molecule has 0 saturated carbocycles. The number of hydrogen-bond acceptors (Lipinski definition) is 5. The average molecular weight is 175 g/mol. The molecule has 0 aromatic rings. The second-order valence-electron chi connectivity index (χ2n) is 2.05. The second kappa shape index (κ2) is 6.60. The van der Waals surface area contributed by atoms with Crippen LogP contribution in [0, 0.1) is 0 Å². The predicted molar refractivity (Wildman–Crippen MR) is 41.4 cm³/mol. The van der Waals surface area contributed by atoms with Crippen molar-refractivity contribution < 1.29 is 19.1 Å². The van der Waals surface area contributed by atoms with Gasteiger partial charge in [-0.25, -0.2) is 4.79 Å². The summed E-state index contributed by atoms with van der Waals surface area (Å²) >= 11 is 0. The van der Waals surface area contributed by atoms with Crippen LogP contribution >= 0.6 is 0 Å². The molecule has 0 aliphatic rings. The fourth-order valence-electron chi connectivity index (χ4n) is 0.538. The van der Waals surface area contributed by atoms with Crippen LogP contribution in [0.1, 0.15) is 19.8 Å². The van der Waals surface area contributed by atoms with Crippen molar-refractivity contribution in [2.24, 2.45) is 5.73 Å². The average Bonchev–Trinajstić information content (AvgIpc) is 2.01. The maximum Gasteiger partial charge on any atom is 0.516 e. The molecule has 0 radical (unpaired) electrons. The van der Waals surface area contributed by atoms with E-state index in [1.165, 1.54) is 0 Å². The third-order valence-electron chi connectivity index (χ3n) is 1.04. The van der Waals surface area contributed by atoms with Crippen molar-refractivity contribution in [2.45, 2.75) is 19.8 Å². The van der Waals surface area contributed by atoms with Crippen molar-refractivity contribution in [2.75, 3.05) is 13.2 Å². The molecule has 0 aromatic heterocycles. The number of ether oxygens (including phenoxy) is 2. The summed E-state index contributed by atoms with van der Waals surface area (Å²) in [5.74, 6) is -0.598. The molecule has 0 spiro atoms. The Kier molecular flexibility index (Phi) is 6.00. The molecule has 5 heteroatoms. The lowest BCUT2D eigenvalue weighted by Gasteiger charge is -2.01. The minimum Gasteiger partial charge on any atom is -0.434 e. The molecular weight excluding hydrogens is 162 g/mol. The van der Waals surface area contributed by atoms with Gasteiger partial charge < -0.3 is 15.2 Å². The van der Waals surface area contributed by atoms with E-state index in [9.17, 15) is 9.59 Å². The van der Waals surface area contributed by atoms with Crippen LogP contribution in [0.5, 0.6) is 0 Å². The molecule has 12 heavy (non-hydrogen) atoms. The first kappa shape index (κ1) is 10.9. The Balaban J connectivity index is 3.47. The lowest BCUT2D eigenvalue weighted by Crippen LogP contribution is -2.14. The molecule has 0 saturated heterocycles. The minimum atomic E-state index is -0.945. The Morgan fingerprint density at radius 3 is 2.58 bits per heavy atom. The summed E-state index contributed by atoms with van der Waals surface area (Å²) in [5, 5.41) is 0. The van der Waals surface area contributed by atoms with E-state index < -0.39 is 12.1 Å². The SMILES string of the molecule is CCOC(=O)OC(=O)CCCN. The lowest BCUT2D eigenvalue weighted by molar-refractivity contribution is -0.139. The number of hydrogen-bond donors (Lipinski definition) is 1. The van der Waals surface area contributed by atoms with Gasteiger partial charge in [0.05, 0.1) is 6.61 Å². The first-order chi connectivity index (χ1) is 5.70. The molecule has 0 fully saturated rings. The largest absolute Gasteiger partial charge is 0.516 e. The van der Waals surface area contributed by atoms with Crippen LogP contribution in [0.4, 0.5) is 4.79 Å². The van der Waals surface area contributed by atoms with Crippen LogP contribution in [0.2, 0.25) is 0 Å². The summed E-state index contributed by atoms with van der Waals surface area (Å²) in [7, 11) is 0. The number of carbonyl (C=O) groups is 2. The molecule has 0 rings (SSSR count). The normalized spacial score (nSPS) is 9.17. The molecule has 0 aromatic carbocycles. The van der Waals surface area contributed by atoms with Crippen LogP contribution in [-0.2, 0) is 14.3 Å². The molecule has 2 N–H and O–H groups in total. The molecule has 0 atom stereocenters. The van der Waals surface area contributed by atoms with Gasteiger partial charge in [-0.15, -0.1) is 0 Å². The smallest absolute Gasteiger partial charge is 0.434 e. The number of carbonyl (C=O) groups excluding carboxylic acids is 2. The maximum absolute atomic E-state index is 10.7. The fraction of sp³-hybridized carbons (Fsp3) is 0.714. The van der Waals surface area contributed by atoms with Crippen LogP contribution in [0.15, 0.2) is 0 Å². The minimum absolute atomic E-state index is 0.148. The van der Waals surface area contributed by atoms with Crippen molar-refractivity contribution in [1.82, 2.24) is 0 Å². The van der Waals surface area contributed by atoms with Crippen molar-refractivity contribution in [1.29, 1.82) is 0 Å². The van der Waals surface area contributed by atoms with Crippen molar-refractivity contribution in [3.05, 3.63) is 0 Å². The topological polar surface area (TPSA) is 78.6 Å². The summed E-state index contributed by atoms with van der Waals surface area (Å²) in [6, 6.07) is 0. The molecule has 0 bridgehead atoms. The summed E-state index contributed by atoms with van der Waals surface area (Å²) in [6.07, 6.45) is -0.285. The Labute approximate surface area is 70.8 Å². The molecule has 0 aliphatic heterocycles. The van der Waals surface area contributed by atoms with Crippen molar-refractivity contribution in [3.8, 4) is 0 Å². The highest BCUT2D eigenvalue weighted by Crippen LogP contribution is 1.93. The van der Waals surface area contributed by atoms with Gasteiger partial charge >= 0.3 is 12.1 Å². The zero-order valence-electron chi connectivity index (χ0n) is 7.04. The van der Waals surface area contributed by atoms with E-state index >= 15 is 0 Å². The van der Waals surface area contributed by atoms with Crippen LogP contribution in [0.25, 0.3) is 0 Å². The van der Waals surface area contributed by atoms with Gasteiger partial charge in [-0.3, -0.25) is 4.79 Å². The zero-order valence-corrected chi connectivity index (χ0v) is 7.04. The molecule has 0 aliphatic carbocycles. The predicted octanol–water partition coefficient (Wildman–Crippen LogP) is 0.425. The maximum atomic E-state index is 10.7. The molecule has 0 heterocycles. The Morgan fingerprint density at radius 1 is 1.42 bits per heavy atom. The molecule has 70 valence electrons. The van der Waals surface area contributed by atoms with Gasteiger partial charge in [-0.05, 0) is 19.9 Å². The molecule has 5 nitrogen and oxygen atoms in total. The first-order valence-corrected chi connectivity index (χ1v) is 3.78. The van der Waals surface area contributed by atoms with Gasteiger partial charge in [0, 0.05) is 6.42 Å². The van der Waals surface area contributed by atoms with E-state index in [0.717, 1.165) is 0 Å². The van der Waals surface area contributed by atoms with Crippen molar-refractivity contribution >= 4 is 12.1 Å². The summed E-state index contributed by atoms with van der Waals surface area (Å²) in [6.45, 7) is 2.23. The standard InChI is InChI=1S/C7H13NO4/c1-2-11-7(10)12-6(9)4-3-5-8/h2-5,8H2,1H3. The number of rotatable bonds is 4. The van der Waals surface area contributed by atoms with Gasteiger partial charge in [0.2, 0.25) is 0 Å². The molecular formula is C7H13NO4. The second-order valence-corrected chi connectivity index (χ2v) is 2.05. The van der Waals surface area contributed by atoms with Crippen LogP contribution in [0.3, 0.4) is 0 Å². The first-order valence-electron chi connectivity index (χ1n) is 3.78. The molecule has 0 amide bonds. The summed E-state index contributed by atoms with van der Waals surface area (Å²) in [5.41, 5.74) is 5.14. The van der Waals surface area contributed by atoms with E-state index in [4.69, 9.17) is 5.73 Å². The van der Waals surface area contributed by atoms with Gasteiger partial charge in [0.1, 0.15) is 0 Å². The number of nitrogens with two attached hydrogens (primary N) is 1. The summed E-state index contributed by atoms with van der Waals surface area (Å²) < 4.78 is 8.62. The highest BCUT2D eigenvalue weighted by Gasteiger charge is 2.09. The Bertz CT molecular complexity index is 157. The van der Waals surface area contributed by atoms with Gasteiger partial charge in [0.15, 0.2) is 0 Å². The third-order valence-corrected chi connectivity index (χ3v) is 1.04. The van der Waals surface area contributed by atoms with Gasteiger partial charge in [-0.2, -0.15) is 0 Å². The monoisotopic (exact) mass is 175 g/mol. The van der Waals surface area contributed by atoms with Crippen molar-refractivity contribution in [3.63, 3.8) is 0 Å². The quantitative estimate of drug-likeness (QED) is 0.495. The van der Waals surface area contributed by atoms with E-state index in [1.807, 2.05) is 0 Å². The Hall–Kier alpha value is -1.10. The Morgan fingerprint density at radius 2 is 2.08 bits per heavy atom. The summed E-state index contributed by atoms with van der Waals surface area (Å²) in [4.78, 5) is 21.2.